The Bertz CT molecular complexity index is 388. The Labute approximate surface area is 104 Å². The summed E-state index contributed by atoms with van der Waals surface area (Å²) in [7, 11) is 1.59. The number of nitrogens with one attached hydrogen (secondary N) is 2. The van der Waals surface area contributed by atoms with Crippen LogP contribution in [0.4, 0.5) is 14.9 Å². The standard InChI is InChI=1S/C11H14ClFN2O2/c1-17-6-2-5-14-11(16)15-8-3-4-9(12)10(13)7-8/h3-4,7H,2,5-6H2,1H3,(H2,14,15,16). The number of rotatable bonds is 5. The number of ether oxygens (including phenoxy) is 1. The second-order valence-corrected chi connectivity index (χ2v) is 3.76. The van der Waals surface area contributed by atoms with E-state index < -0.39 is 5.82 Å². The Hall–Kier alpha value is -1.33. The third kappa shape index (κ3) is 5.01. The van der Waals surface area contributed by atoms with Gasteiger partial charge in [0.25, 0.3) is 0 Å². The van der Waals surface area contributed by atoms with E-state index in [-0.39, 0.29) is 11.1 Å². The van der Waals surface area contributed by atoms with E-state index in [1.54, 1.807) is 7.11 Å². The summed E-state index contributed by atoms with van der Waals surface area (Å²) in [6, 6.07) is 3.69. The van der Waals surface area contributed by atoms with Crippen LogP contribution in [0.15, 0.2) is 18.2 Å². The van der Waals surface area contributed by atoms with E-state index in [0.29, 0.717) is 18.8 Å². The van der Waals surface area contributed by atoms with E-state index in [1.165, 1.54) is 12.1 Å². The van der Waals surface area contributed by atoms with Crippen LogP contribution in [0, 0.1) is 5.82 Å². The van der Waals surface area contributed by atoms with Crippen LogP contribution in [0.1, 0.15) is 6.42 Å². The number of carbonyl (C=O) groups excluding carboxylic acids is 1. The smallest absolute Gasteiger partial charge is 0.319 e. The van der Waals surface area contributed by atoms with Crippen molar-refractivity contribution >= 4 is 23.3 Å². The third-order valence-electron chi connectivity index (χ3n) is 1.99. The normalized spacial score (nSPS) is 10.1. The molecule has 0 aliphatic carbocycles. The lowest BCUT2D eigenvalue weighted by Gasteiger charge is -2.07. The molecule has 0 atom stereocenters. The second kappa shape index (κ2) is 7.09. The summed E-state index contributed by atoms with van der Waals surface area (Å²) in [5, 5.41) is 5.14. The fourth-order valence-electron chi connectivity index (χ4n) is 1.17. The molecule has 4 nitrogen and oxygen atoms in total. The number of hydrogen-bond donors (Lipinski definition) is 2. The number of halogens is 2. The molecule has 1 aromatic carbocycles. The number of methoxy groups -OCH3 is 1. The summed E-state index contributed by atoms with van der Waals surface area (Å²) in [6.45, 7) is 1.07. The highest BCUT2D eigenvalue weighted by atomic mass is 35.5. The quantitative estimate of drug-likeness (QED) is 0.800. The maximum atomic E-state index is 13.1. The first-order chi connectivity index (χ1) is 8.13. The van der Waals surface area contributed by atoms with E-state index >= 15 is 0 Å². The Morgan fingerprint density at radius 1 is 1.53 bits per heavy atom. The predicted octanol–water partition coefficient (Wildman–Crippen LogP) is 2.64. The molecular weight excluding hydrogens is 247 g/mol. The summed E-state index contributed by atoms with van der Waals surface area (Å²) < 4.78 is 17.9. The number of urea groups is 1. The molecule has 0 saturated carbocycles. The summed E-state index contributed by atoms with van der Waals surface area (Å²) in [5.41, 5.74) is 0.358. The SMILES string of the molecule is COCCCNC(=O)Nc1ccc(Cl)c(F)c1. The van der Waals surface area contributed by atoms with Gasteiger partial charge in [-0.05, 0) is 24.6 Å². The maximum absolute atomic E-state index is 13.1. The summed E-state index contributed by atoms with van der Waals surface area (Å²) >= 11 is 5.52. The molecule has 0 spiro atoms. The average molecular weight is 261 g/mol. The van der Waals surface area contributed by atoms with Crippen molar-refractivity contribution in [3.63, 3.8) is 0 Å². The number of anilines is 1. The van der Waals surface area contributed by atoms with Crippen LogP contribution in [0.25, 0.3) is 0 Å². The largest absolute Gasteiger partial charge is 0.385 e. The lowest BCUT2D eigenvalue weighted by molar-refractivity contribution is 0.194. The molecule has 2 amide bonds. The van der Waals surface area contributed by atoms with Crippen molar-refractivity contribution < 1.29 is 13.9 Å². The molecule has 1 aromatic rings. The summed E-state index contributed by atoms with van der Waals surface area (Å²) in [6.07, 6.45) is 0.721. The molecule has 0 radical (unpaired) electrons. The molecule has 1 rings (SSSR count). The highest BCUT2D eigenvalue weighted by molar-refractivity contribution is 6.30. The lowest BCUT2D eigenvalue weighted by atomic mass is 10.3. The molecule has 6 heteroatoms. The van der Waals surface area contributed by atoms with Crippen LogP contribution < -0.4 is 10.6 Å². The van der Waals surface area contributed by atoms with Crippen molar-refractivity contribution in [1.82, 2.24) is 5.32 Å². The van der Waals surface area contributed by atoms with Gasteiger partial charge in [-0.25, -0.2) is 9.18 Å². The van der Waals surface area contributed by atoms with Crippen molar-refractivity contribution in [2.75, 3.05) is 25.6 Å². The fourth-order valence-corrected chi connectivity index (χ4v) is 1.29. The van der Waals surface area contributed by atoms with Gasteiger partial charge in [0.1, 0.15) is 5.82 Å². The number of benzene rings is 1. The molecule has 17 heavy (non-hydrogen) atoms. The zero-order valence-corrected chi connectivity index (χ0v) is 10.2. The Balaban J connectivity index is 2.37. The van der Waals surface area contributed by atoms with E-state index in [2.05, 4.69) is 10.6 Å². The number of carbonyl (C=O) groups is 1. The van der Waals surface area contributed by atoms with Gasteiger partial charge in [0.2, 0.25) is 0 Å². The second-order valence-electron chi connectivity index (χ2n) is 3.36. The van der Waals surface area contributed by atoms with Crippen LogP contribution >= 0.6 is 11.6 Å². The third-order valence-corrected chi connectivity index (χ3v) is 2.29. The van der Waals surface area contributed by atoms with Gasteiger partial charge in [-0.2, -0.15) is 0 Å². The molecule has 0 heterocycles. The van der Waals surface area contributed by atoms with E-state index in [4.69, 9.17) is 16.3 Å². The number of hydrogen-bond acceptors (Lipinski definition) is 2. The molecule has 0 aliphatic rings. The van der Waals surface area contributed by atoms with Gasteiger partial charge in [-0.1, -0.05) is 11.6 Å². The fraction of sp³-hybridized carbons (Fsp3) is 0.364. The Morgan fingerprint density at radius 2 is 2.29 bits per heavy atom. The molecular formula is C11H14ClFN2O2. The van der Waals surface area contributed by atoms with Crippen molar-refractivity contribution in [2.45, 2.75) is 6.42 Å². The highest BCUT2D eigenvalue weighted by Crippen LogP contribution is 2.18. The zero-order chi connectivity index (χ0) is 12.7. The van der Waals surface area contributed by atoms with Crippen LogP contribution in [0.5, 0.6) is 0 Å². The van der Waals surface area contributed by atoms with Gasteiger partial charge in [0.05, 0.1) is 5.02 Å². The molecule has 0 fully saturated rings. The van der Waals surface area contributed by atoms with Gasteiger partial charge >= 0.3 is 6.03 Å². The highest BCUT2D eigenvalue weighted by Gasteiger charge is 2.04. The summed E-state index contributed by atoms with van der Waals surface area (Å²) in [4.78, 5) is 11.4. The van der Waals surface area contributed by atoms with Crippen LogP contribution in [-0.2, 0) is 4.74 Å². The van der Waals surface area contributed by atoms with Gasteiger partial charge < -0.3 is 15.4 Å². The van der Waals surface area contributed by atoms with Gasteiger partial charge in [-0.3, -0.25) is 0 Å². The van der Waals surface area contributed by atoms with Crippen molar-refractivity contribution in [1.29, 1.82) is 0 Å². The predicted molar refractivity (Wildman–Crippen MR) is 64.9 cm³/mol. The molecule has 0 aromatic heterocycles. The molecule has 2 N–H and O–H groups in total. The topological polar surface area (TPSA) is 50.4 Å². The van der Waals surface area contributed by atoms with E-state index in [1.807, 2.05) is 0 Å². The minimum absolute atomic E-state index is 0.0241. The van der Waals surface area contributed by atoms with Crippen molar-refractivity contribution in [3.8, 4) is 0 Å². The molecule has 94 valence electrons. The molecule has 0 bridgehead atoms. The summed E-state index contributed by atoms with van der Waals surface area (Å²) in [5.74, 6) is -0.566. The van der Waals surface area contributed by atoms with Gasteiger partial charge in [0.15, 0.2) is 0 Å². The molecule has 0 aliphatic heterocycles. The zero-order valence-electron chi connectivity index (χ0n) is 9.43. The first-order valence-electron chi connectivity index (χ1n) is 5.12. The Morgan fingerprint density at radius 3 is 2.94 bits per heavy atom. The van der Waals surface area contributed by atoms with Crippen LogP contribution in [-0.4, -0.2) is 26.3 Å². The minimum atomic E-state index is -0.566. The van der Waals surface area contributed by atoms with Crippen LogP contribution in [0.3, 0.4) is 0 Å². The first-order valence-corrected chi connectivity index (χ1v) is 5.50. The monoisotopic (exact) mass is 260 g/mol. The van der Waals surface area contributed by atoms with E-state index in [9.17, 15) is 9.18 Å². The van der Waals surface area contributed by atoms with Crippen LogP contribution in [0.2, 0.25) is 5.02 Å². The van der Waals surface area contributed by atoms with Crippen molar-refractivity contribution in [2.24, 2.45) is 0 Å². The Kier molecular flexibility index (Phi) is 5.72. The average Bonchev–Trinajstić information content (AvgIpc) is 2.30. The lowest BCUT2D eigenvalue weighted by Crippen LogP contribution is -2.30. The van der Waals surface area contributed by atoms with Gasteiger partial charge in [-0.15, -0.1) is 0 Å². The first kappa shape index (κ1) is 13.7. The molecule has 0 unspecified atom stereocenters. The van der Waals surface area contributed by atoms with Crippen molar-refractivity contribution in [3.05, 3.63) is 29.0 Å². The van der Waals surface area contributed by atoms with E-state index in [0.717, 1.165) is 12.5 Å². The molecule has 0 saturated heterocycles. The minimum Gasteiger partial charge on any atom is -0.385 e. The maximum Gasteiger partial charge on any atom is 0.319 e. The van der Waals surface area contributed by atoms with Gasteiger partial charge in [0, 0.05) is 25.9 Å². The number of amides is 2.